The van der Waals surface area contributed by atoms with Gasteiger partial charge in [0.15, 0.2) is 5.79 Å². The van der Waals surface area contributed by atoms with E-state index in [1.165, 1.54) is 11.1 Å². The van der Waals surface area contributed by atoms with E-state index in [-0.39, 0.29) is 17.6 Å². The minimum absolute atomic E-state index is 0.0913. The van der Waals surface area contributed by atoms with Crippen LogP contribution in [-0.2, 0) is 9.47 Å². The molecule has 23 heavy (non-hydrogen) atoms. The van der Waals surface area contributed by atoms with E-state index >= 15 is 0 Å². The Balaban J connectivity index is 1.62. The predicted octanol–water partition coefficient (Wildman–Crippen LogP) is 5.42. The van der Waals surface area contributed by atoms with Crippen LogP contribution in [0.25, 0.3) is 0 Å². The van der Waals surface area contributed by atoms with Crippen molar-refractivity contribution in [2.24, 2.45) is 5.41 Å². The van der Waals surface area contributed by atoms with E-state index in [1.54, 1.807) is 0 Å². The predicted molar refractivity (Wildman–Crippen MR) is 90.9 cm³/mol. The highest BCUT2D eigenvalue weighted by Crippen LogP contribution is 2.64. The summed E-state index contributed by atoms with van der Waals surface area (Å²) in [6, 6.07) is 21.1. The molecule has 0 spiro atoms. The molecule has 0 saturated carbocycles. The second kappa shape index (κ2) is 5.47. The molecule has 2 saturated heterocycles. The van der Waals surface area contributed by atoms with E-state index in [0.717, 1.165) is 19.3 Å². The highest BCUT2D eigenvalue weighted by molar-refractivity contribution is 5.24. The molecule has 2 aromatic rings. The van der Waals surface area contributed by atoms with Gasteiger partial charge in [-0.15, -0.1) is 0 Å². The molecule has 0 bridgehead atoms. The first-order valence-electron chi connectivity index (χ1n) is 8.61. The van der Waals surface area contributed by atoms with E-state index < -0.39 is 5.79 Å². The van der Waals surface area contributed by atoms with Gasteiger partial charge in [-0.1, -0.05) is 67.6 Å². The Morgan fingerprint density at radius 1 is 0.826 bits per heavy atom. The fraction of sp³-hybridized carbons (Fsp3) is 0.429. The SMILES string of the molecule is CCC12C[C@@H](c3ccccc3)OC1(C)O[C@@H](c1ccccc1)C2. The highest BCUT2D eigenvalue weighted by atomic mass is 16.7. The topological polar surface area (TPSA) is 18.5 Å². The smallest absolute Gasteiger partial charge is 0.172 e. The van der Waals surface area contributed by atoms with Crippen LogP contribution in [0.5, 0.6) is 0 Å². The monoisotopic (exact) mass is 308 g/mol. The largest absolute Gasteiger partial charge is 0.342 e. The van der Waals surface area contributed by atoms with Crippen LogP contribution >= 0.6 is 0 Å². The first-order valence-corrected chi connectivity index (χ1v) is 8.61. The fourth-order valence-electron chi connectivity index (χ4n) is 4.38. The molecule has 0 N–H and O–H groups in total. The van der Waals surface area contributed by atoms with E-state index in [2.05, 4.69) is 74.5 Å². The molecule has 4 rings (SSSR count). The summed E-state index contributed by atoms with van der Waals surface area (Å²) in [4.78, 5) is 0. The van der Waals surface area contributed by atoms with Crippen molar-refractivity contribution in [2.45, 2.75) is 51.1 Å². The van der Waals surface area contributed by atoms with Crippen LogP contribution in [0.3, 0.4) is 0 Å². The maximum Gasteiger partial charge on any atom is 0.172 e. The third kappa shape index (κ3) is 2.32. The molecule has 2 heteroatoms. The van der Waals surface area contributed by atoms with E-state index in [9.17, 15) is 0 Å². The van der Waals surface area contributed by atoms with Gasteiger partial charge in [-0.2, -0.15) is 0 Å². The number of rotatable bonds is 3. The molecule has 0 radical (unpaired) electrons. The lowest BCUT2D eigenvalue weighted by atomic mass is 9.73. The van der Waals surface area contributed by atoms with Gasteiger partial charge < -0.3 is 9.47 Å². The second-order valence-electron chi connectivity index (χ2n) is 7.02. The van der Waals surface area contributed by atoms with Crippen molar-refractivity contribution in [1.82, 2.24) is 0 Å². The average molecular weight is 308 g/mol. The zero-order valence-corrected chi connectivity index (χ0v) is 13.9. The molecule has 2 aromatic carbocycles. The molecular formula is C21H24O2. The van der Waals surface area contributed by atoms with Gasteiger partial charge in [0.05, 0.1) is 12.2 Å². The van der Waals surface area contributed by atoms with Gasteiger partial charge in [-0.3, -0.25) is 0 Å². The molecule has 120 valence electrons. The van der Waals surface area contributed by atoms with Crippen molar-refractivity contribution in [1.29, 1.82) is 0 Å². The molecule has 2 unspecified atom stereocenters. The van der Waals surface area contributed by atoms with Gasteiger partial charge in [0.1, 0.15) is 0 Å². The lowest BCUT2D eigenvalue weighted by Gasteiger charge is -2.33. The zero-order valence-electron chi connectivity index (χ0n) is 13.9. The van der Waals surface area contributed by atoms with E-state index in [0.29, 0.717) is 0 Å². The number of fused-ring (bicyclic) bond motifs is 1. The highest BCUT2D eigenvalue weighted by Gasteiger charge is 2.63. The summed E-state index contributed by atoms with van der Waals surface area (Å²) in [5.74, 6) is -0.497. The van der Waals surface area contributed by atoms with Crippen molar-refractivity contribution in [3.8, 4) is 0 Å². The zero-order chi connectivity index (χ0) is 15.9. The van der Waals surface area contributed by atoms with Crippen LogP contribution in [0.4, 0.5) is 0 Å². The standard InChI is InChI=1S/C21H24O2/c1-3-21-14-18(16-10-6-4-7-11-16)22-20(21,2)23-19(15-21)17-12-8-5-9-13-17/h4-13,18-19H,3,14-15H2,1-2H3/t18-,19+,20?,21?. The molecule has 0 amide bonds. The lowest BCUT2D eigenvalue weighted by Crippen LogP contribution is -2.38. The van der Waals surface area contributed by atoms with Crippen molar-refractivity contribution < 1.29 is 9.47 Å². The summed E-state index contributed by atoms with van der Waals surface area (Å²) < 4.78 is 13.0. The summed E-state index contributed by atoms with van der Waals surface area (Å²) in [6.45, 7) is 4.41. The van der Waals surface area contributed by atoms with Crippen molar-refractivity contribution in [3.05, 3.63) is 71.8 Å². The Morgan fingerprint density at radius 2 is 1.26 bits per heavy atom. The van der Waals surface area contributed by atoms with Gasteiger partial charge in [-0.25, -0.2) is 0 Å². The van der Waals surface area contributed by atoms with Gasteiger partial charge in [0.25, 0.3) is 0 Å². The Morgan fingerprint density at radius 3 is 1.61 bits per heavy atom. The van der Waals surface area contributed by atoms with Crippen LogP contribution < -0.4 is 0 Å². The van der Waals surface area contributed by atoms with E-state index in [4.69, 9.17) is 9.47 Å². The Hall–Kier alpha value is -1.64. The summed E-state index contributed by atoms with van der Waals surface area (Å²) in [6.07, 6.45) is 3.42. The van der Waals surface area contributed by atoms with Crippen LogP contribution in [0.2, 0.25) is 0 Å². The Labute approximate surface area is 138 Å². The van der Waals surface area contributed by atoms with Gasteiger partial charge in [0, 0.05) is 5.41 Å². The van der Waals surface area contributed by atoms with Gasteiger partial charge >= 0.3 is 0 Å². The number of hydrogen-bond acceptors (Lipinski definition) is 2. The van der Waals surface area contributed by atoms with Crippen LogP contribution in [0.1, 0.15) is 56.4 Å². The van der Waals surface area contributed by atoms with Crippen molar-refractivity contribution in [2.75, 3.05) is 0 Å². The summed E-state index contributed by atoms with van der Waals surface area (Å²) in [7, 11) is 0. The molecule has 4 atom stereocenters. The quantitative estimate of drug-likeness (QED) is 0.753. The van der Waals surface area contributed by atoms with Gasteiger partial charge in [-0.05, 0) is 37.3 Å². The van der Waals surface area contributed by atoms with E-state index in [1.807, 2.05) is 0 Å². The fourth-order valence-corrected chi connectivity index (χ4v) is 4.38. The summed E-state index contributed by atoms with van der Waals surface area (Å²) >= 11 is 0. The maximum absolute atomic E-state index is 6.48. The third-order valence-electron chi connectivity index (χ3n) is 5.87. The minimum Gasteiger partial charge on any atom is -0.342 e. The molecule has 2 aliphatic rings. The number of ether oxygens (including phenoxy) is 2. The third-order valence-corrected chi connectivity index (χ3v) is 5.87. The first kappa shape index (κ1) is 14.9. The van der Waals surface area contributed by atoms with Crippen LogP contribution in [0, 0.1) is 5.41 Å². The molecular weight excluding hydrogens is 284 g/mol. The minimum atomic E-state index is -0.497. The number of benzene rings is 2. The summed E-state index contributed by atoms with van der Waals surface area (Å²) in [5.41, 5.74) is 2.61. The molecule has 2 nitrogen and oxygen atoms in total. The number of hydrogen-bond donors (Lipinski definition) is 0. The first-order chi connectivity index (χ1) is 11.2. The molecule has 0 aliphatic carbocycles. The second-order valence-corrected chi connectivity index (χ2v) is 7.02. The van der Waals surface area contributed by atoms with Crippen LogP contribution in [0.15, 0.2) is 60.7 Å². The molecule has 2 aliphatic heterocycles. The molecule has 2 heterocycles. The van der Waals surface area contributed by atoms with Crippen LogP contribution in [-0.4, -0.2) is 5.79 Å². The average Bonchev–Trinajstić information content (AvgIpc) is 3.04. The summed E-state index contributed by atoms with van der Waals surface area (Å²) in [5, 5.41) is 0. The Kier molecular flexibility index (Phi) is 3.55. The van der Waals surface area contributed by atoms with Gasteiger partial charge in [0.2, 0.25) is 0 Å². The molecule has 2 fully saturated rings. The normalized spacial score (nSPS) is 36.1. The lowest BCUT2D eigenvalue weighted by molar-refractivity contribution is -0.237. The Bertz CT molecular complexity index is 613. The molecule has 0 aromatic heterocycles. The van der Waals surface area contributed by atoms with Crippen molar-refractivity contribution >= 4 is 0 Å². The van der Waals surface area contributed by atoms with Crippen molar-refractivity contribution in [3.63, 3.8) is 0 Å². The maximum atomic E-state index is 6.48.